The number of carbonyl (C=O) groups excluding carboxylic acids is 2. The minimum atomic E-state index is -0.458. The highest BCUT2D eigenvalue weighted by Crippen LogP contribution is 2.23. The second kappa shape index (κ2) is 14.9. The van der Waals surface area contributed by atoms with E-state index >= 15 is 0 Å². The van der Waals surface area contributed by atoms with Crippen molar-refractivity contribution < 1.29 is 19.1 Å². The van der Waals surface area contributed by atoms with E-state index in [2.05, 4.69) is 25.1 Å². The van der Waals surface area contributed by atoms with Gasteiger partial charge in [-0.15, -0.1) is 0 Å². The van der Waals surface area contributed by atoms with Crippen LogP contribution in [0.15, 0.2) is 54.3 Å². The molecular formula is C29H39NO4. The first-order chi connectivity index (χ1) is 16.5. The maximum atomic E-state index is 12.5. The number of hydrogen-bond donors (Lipinski definition) is 0. The van der Waals surface area contributed by atoms with E-state index in [0.29, 0.717) is 26.2 Å². The van der Waals surface area contributed by atoms with Crippen LogP contribution in [0.5, 0.6) is 0 Å². The van der Waals surface area contributed by atoms with E-state index in [-0.39, 0.29) is 11.7 Å². The minimum absolute atomic E-state index is 0.199. The van der Waals surface area contributed by atoms with Crippen molar-refractivity contribution in [2.75, 3.05) is 20.3 Å². The summed E-state index contributed by atoms with van der Waals surface area (Å²) in [4.78, 5) is 26.3. The Morgan fingerprint density at radius 2 is 1.56 bits per heavy atom. The maximum Gasteiger partial charge on any atom is 0.373 e. The summed E-state index contributed by atoms with van der Waals surface area (Å²) < 4.78 is 10.5. The Morgan fingerprint density at radius 1 is 0.853 bits per heavy atom. The number of unbranched alkanes of at least 4 members (excludes halogenated alkanes) is 4. The molecule has 2 aromatic rings. The molecule has 2 aromatic carbocycles. The molecule has 2 rings (SSSR count). The Kier molecular flexibility index (Phi) is 11.9. The molecule has 0 aliphatic heterocycles. The Bertz CT molecular complexity index is 933. The Morgan fingerprint density at radius 3 is 2.24 bits per heavy atom. The average molecular weight is 466 g/mol. The second-order valence-electron chi connectivity index (χ2n) is 8.40. The maximum absolute atomic E-state index is 12.5. The fourth-order valence-corrected chi connectivity index (χ4v) is 3.72. The molecule has 0 unspecified atom stereocenters. The Labute approximate surface area is 204 Å². The molecule has 0 bridgehead atoms. The van der Waals surface area contributed by atoms with Crippen molar-refractivity contribution in [1.82, 2.24) is 4.90 Å². The zero-order valence-electron chi connectivity index (χ0n) is 21.1. The molecule has 0 saturated heterocycles. The fraction of sp³-hybridized carbons (Fsp3) is 0.448. The van der Waals surface area contributed by atoms with Crippen LogP contribution >= 0.6 is 0 Å². The van der Waals surface area contributed by atoms with Gasteiger partial charge in [-0.2, -0.15) is 0 Å². The highest BCUT2D eigenvalue weighted by atomic mass is 16.6. The van der Waals surface area contributed by atoms with Crippen molar-refractivity contribution in [2.24, 2.45) is 0 Å². The summed E-state index contributed by atoms with van der Waals surface area (Å²) >= 11 is 0. The van der Waals surface area contributed by atoms with Gasteiger partial charge in [-0.25, -0.2) is 4.79 Å². The molecule has 1 amide bonds. The molecule has 0 atom stereocenters. The van der Waals surface area contributed by atoms with Gasteiger partial charge in [-0.3, -0.25) is 4.79 Å². The fourth-order valence-electron chi connectivity index (χ4n) is 3.72. The molecule has 34 heavy (non-hydrogen) atoms. The van der Waals surface area contributed by atoms with Crippen LogP contribution in [-0.2, 0) is 25.6 Å². The first kappa shape index (κ1) is 27.2. The summed E-state index contributed by atoms with van der Waals surface area (Å²) in [6.07, 6.45) is 8.07. The van der Waals surface area contributed by atoms with Gasteiger partial charge in [0.1, 0.15) is 0 Å². The number of hydrogen-bond acceptors (Lipinski definition) is 4. The van der Waals surface area contributed by atoms with E-state index in [1.165, 1.54) is 19.3 Å². The van der Waals surface area contributed by atoms with Crippen molar-refractivity contribution in [3.05, 3.63) is 65.4 Å². The molecule has 0 saturated carbocycles. The molecule has 0 aliphatic carbocycles. The Balaban J connectivity index is 2.02. The molecule has 184 valence electrons. The van der Waals surface area contributed by atoms with E-state index in [9.17, 15) is 9.59 Å². The lowest BCUT2D eigenvalue weighted by atomic mass is 10.0. The third-order valence-corrected chi connectivity index (χ3v) is 5.58. The molecule has 5 nitrogen and oxygen atoms in total. The molecule has 0 aromatic heterocycles. The first-order valence-electron chi connectivity index (χ1n) is 12.4. The third kappa shape index (κ3) is 9.05. The van der Waals surface area contributed by atoms with Crippen LogP contribution in [-0.4, -0.2) is 37.0 Å². The van der Waals surface area contributed by atoms with E-state index < -0.39 is 5.97 Å². The van der Waals surface area contributed by atoms with Crippen LogP contribution in [0.1, 0.15) is 70.4 Å². The van der Waals surface area contributed by atoms with Gasteiger partial charge < -0.3 is 14.4 Å². The van der Waals surface area contributed by atoms with Gasteiger partial charge in [0.25, 0.3) is 0 Å². The minimum Gasteiger partial charge on any atom is -0.487 e. The molecular weight excluding hydrogens is 426 g/mol. The SMILES string of the molecule is CCCCCCCC(=O)N(C)Cc1cccc(-c2ccc(/C=C(\OCC)C(=O)OCC)cc2)c1. The molecule has 0 fully saturated rings. The summed E-state index contributed by atoms with van der Waals surface area (Å²) in [6.45, 7) is 7.10. The Hall–Kier alpha value is -3.08. The zero-order valence-corrected chi connectivity index (χ0v) is 21.1. The number of esters is 1. The molecule has 0 heterocycles. The van der Waals surface area contributed by atoms with Gasteiger partial charge in [0, 0.05) is 20.0 Å². The van der Waals surface area contributed by atoms with Crippen LogP contribution in [0.25, 0.3) is 17.2 Å². The van der Waals surface area contributed by atoms with Crippen LogP contribution in [0.4, 0.5) is 0 Å². The molecule has 5 heteroatoms. The summed E-state index contributed by atoms with van der Waals surface area (Å²) in [5, 5.41) is 0. The van der Waals surface area contributed by atoms with Gasteiger partial charge in [-0.05, 0) is 54.7 Å². The third-order valence-electron chi connectivity index (χ3n) is 5.58. The largest absolute Gasteiger partial charge is 0.487 e. The number of benzene rings is 2. The monoisotopic (exact) mass is 465 g/mol. The highest BCUT2D eigenvalue weighted by molar-refractivity contribution is 5.91. The molecule has 0 N–H and O–H groups in total. The van der Waals surface area contributed by atoms with Gasteiger partial charge in [-0.1, -0.05) is 75.1 Å². The van der Waals surface area contributed by atoms with Crippen LogP contribution in [0.2, 0.25) is 0 Å². The van der Waals surface area contributed by atoms with Crippen molar-refractivity contribution in [2.45, 2.75) is 65.8 Å². The normalized spacial score (nSPS) is 11.2. The summed E-state index contributed by atoms with van der Waals surface area (Å²) in [6, 6.07) is 16.2. The van der Waals surface area contributed by atoms with Gasteiger partial charge in [0.15, 0.2) is 0 Å². The summed E-state index contributed by atoms with van der Waals surface area (Å²) in [5.41, 5.74) is 4.12. The topological polar surface area (TPSA) is 55.8 Å². The van der Waals surface area contributed by atoms with Crippen LogP contribution in [0, 0.1) is 0 Å². The van der Waals surface area contributed by atoms with Crippen molar-refractivity contribution in [3.8, 4) is 11.1 Å². The van der Waals surface area contributed by atoms with E-state index in [1.807, 2.05) is 49.2 Å². The van der Waals surface area contributed by atoms with Crippen LogP contribution < -0.4 is 0 Å². The smallest absolute Gasteiger partial charge is 0.373 e. The lowest BCUT2D eigenvalue weighted by Crippen LogP contribution is -2.25. The molecule has 0 spiro atoms. The predicted octanol–water partition coefficient (Wildman–Crippen LogP) is 6.61. The van der Waals surface area contributed by atoms with Gasteiger partial charge in [0.05, 0.1) is 13.2 Å². The van der Waals surface area contributed by atoms with E-state index in [1.54, 1.807) is 13.0 Å². The predicted molar refractivity (Wildman–Crippen MR) is 138 cm³/mol. The summed E-state index contributed by atoms with van der Waals surface area (Å²) in [7, 11) is 1.88. The number of carbonyl (C=O) groups is 2. The molecule has 0 aliphatic rings. The number of amides is 1. The number of nitrogens with zero attached hydrogens (tertiary/aromatic N) is 1. The standard InChI is InChI=1S/C29H39NO4/c1-5-8-9-10-11-15-28(31)30(4)22-24-13-12-14-26(20-24)25-18-16-23(17-19-25)21-27(33-6-2)29(32)34-7-3/h12-14,16-21H,5-11,15,22H2,1-4H3/b27-21-. The van der Waals surface area contributed by atoms with Gasteiger partial charge >= 0.3 is 5.97 Å². The quantitative estimate of drug-likeness (QED) is 0.136. The van der Waals surface area contributed by atoms with E-state index in [0.717, 1.165) is 35.1 Å². The zero-order chi connectivity index (χ0) is 24.8. The van der Waals surface area contributed by atoms with Gasteiger partial charge in [0.2, 0.25) is 11.7 Å². The van der Waals surface area contributed by atoms with Crippen molar-refractivity contribution in [3.63, 3.8) is 0 Å². The van der Waals surface area contributed by atoms with Crippen molar-refractivity contribution >= 4 is 18.0 Å². The molecule has 0 radical (unpaired) electrons. The lowest BCUT2D eigenvalue weighted by molar-refractivity contribution is -0.142. The summed E-state index contributed by atoms with van der Waals surface area (Å²) in [5.74, 6) is -0.0531. The average Bonchev–Trinajstić information content (AvgIpc) is 2.84. The van der Waals surface area contributed by atoms with Crippen molar-refractivity contribution in [1.29, 1.82) is 0 Å². The highest BCUT2D eigenvalue weighted by Gasteiger charge is 2.12. The second-order valence-corrected chi connectivity index (χ2v) is 8.40. The number of ether oxygens (including phenoxy) is 2. The number of rotatable bonds is 14. The van der Waals surface area contributed by atoms with Crippen LogP contribution in [0.3, 0.4) is 0 Å². The first-order valence-corrected chi connectivity index (χ1v) is 12.4. The lowest BCUT2D eigenvalue weighted by Gasteiger charge is -2.18. The van der Waals surface area contributed by atoms with E-state index in [4.69, 9.17) is 9.47 Å².